The van der Waals surface area contributed by atoms with Crippen LogP contribution < -0.4 is 15.0 Å². The predicted molar refractivity (Wildman–Crippen MR) is 130 cm³/mol. The van der Waals surface area contributed by atoms with Crippen LogP contribution in [0.15, 0.2) is 42.7 Å². The molecule has 2 aliphatic heterocycles. The van der Waals surface area contributed by atoms with Crippen LogP contribution in [0.3, 0.4) is 0 Å². The van der Waals surface area contributed by atoms with Gasteiger partial charge in [-0.15, -0.1) is 0 Å². The number of aliphatic hydroxyl groups is 1. The molecule has 35 heavy (non-hydrogen) atoms. The second-order valence-electron chi connectivity index (χ2n) is 9.48. The van der Waals surface area contributed by atoms with Crippen molar-refractivity contribution in [2.45, 2.75) is 43.7 Å². The van der Waals surface area contributed by atoms with Crippen molar-refractivity contribution in [3.05, 3.63) is 54.0 Å². The van der Waals surface area contributed by atoms with Gasteiger partial charge in [0, 0.05) is 50.2 Å². The number of ether oxygens (including phenoxy) is 2. The van der Waals surface area contributed by atoms with Gasteiger partial charge in [-0.25, -0.2) is 4.98 Å². The zero-order chi connectivity index (χ0) is 23.8. The van der Waals surface area contributed by atoms with Crippen molar-refractivity contribution in [2.75, 3.05) is 36.5 Å². The van der Waals surface area contributed by atoms with Crippen molar-refractivity contribution in [3.8, 4) is 17.6 Å². The minimum atomic E-state index is -0.344. The van der Waals surface area contributed by atoms with Crippen LogP contribution in [-0.4, -0.2) is 52.3 Å². The number of aromatic nitrogens is 3. The maximum absolute atomic E-state index is 9.66. The Morgan fingerprint density at radius 1 is 1.11 bits per heavy atom. The second-order valence-corrected chi connectivity index (χ2v) is 9.48. The molecule has 0 unspecified atom stereocenters. The molecule has 2 aromatic heterocycles. The van der Waals surface area contributed by atoms with E-state index in [0.29, 0.717) is 42.2 Å². The summed E-state index contributed by atoms with van der Waals surface area (Å²) in [5.41, 5.74) is 3.22. The summed E-state index contributed by atoms with van der Waals surface area (Å²) in [6.07, 6.45) is 7.65. The molecule has 1 aliphatic carbocycles. The number of nitrogens with one attached hydrogen (secondary N) is 1. The number of anilines is 3. The van der Waals surface area contributed by atoms with Gasteiger partial charge in [0.15, 0.2) is 5.75 Å². The fraction of sp³-hybridized carbons (Fsp3) is 0.423. The van der Waals surface area contributed by atoms with Gasteiger partial charge in [-0.1, -0.05) is 0 Å². The lowest BCUT2D eigenvalue weighted by atomic mass is 9.96. The number of nitriles is 1. The van der Waals surface area contributed by atoms with Gasteiger partial charge in [0.1, 0.15) is 23.3 Å². The van der Waals surface area contributed by atoms with Gasteiger partial charge in [-0.3, -0.25) is 4.68 Å². The normalized spacial score (nSPS) is 18.7. The van der Waals surface area contributed by atoms with Crippen molar-refractivity contribution in [3.63, 3.8) is 0 Å². The molecule has 6 rings (SSSR count). The highest BCUT2D eigenvalue weighted by Crippen LogP contribution is 2.40. The van der Waals surface area contributed by atoms with Gasteiger partial charge in [-0.05, 0) is 49.9 Å². The molecule has 1 saturated carbocycles. The van der Waals surface area contributed by atoms with Crippen molar-refractivity contribution in [1.29, 1.82) is 5.26 Å². The third kappa shape index (κ3) is 4.67. The van der Waals surface area contributed by atoms with Crippen molar-refractivity contribution >= 4 is 17.2 Å². The zero-order valence-corrected chi connectivity index (χ0v) is 19.4. The lowest BCUT2D eigenvalue weighted by molar-refractivity contribution is 0.0839. The van der Waals surface area contributed by atoms with Crippen molar-refractivity contribution < 1.29 is 14.6 Å². The van der Waals surface area contributed by atoms with Gasteiger partial charge in [0.25, 0.3) is 0 Å². The minimum Gasteiger partial charge on any atom is -0.454 e. The molecule has 3 fully saturated rings. The molecule has 9 heteroatoms. The van der Waals surface area contributed by atoms with Crippen LogP contribution in [0.2, 0.25) is 0 Å². The molecule has 4 heterocycles. The maximum atomic E-state index is 9.66. The lowest BCUT2D eigenvalue weighted by Gasteiger charge is -2.38. The Morgan fingerprint density at radius 2 is 1.94 bits per heavy atom. The van der Waals surface area contributed by atoms with Crippen LogP contribution in [0.1, 0.15) is 48.9 Å². The number of nitrogens with zero attached hydrogens (tertiary/aromatic N) is 5. The van der Waals surface area contributed by atoms with Gasteiger partial charge >= 0.3 is 0 Å². The third-order valence-corrected chi connectivity index (χ3v) is 6.81. The Hall–Kier alpha value is -3.61. The highest BCUT2D eigenvalue weighted by molar-refractivity contribution is 5.70. The molecule has 0 radical (unpaired) electrons. The number of hydrogen-bond donors (Lipinski definition) is 2. The fourth-order valence-electron chi connectivity index (χ4n) is 4.68. The van der Waals surface area contributed by atoms with Crippen LogP contribution in [0.5, 0.6) is 11.5 Å². The molecule has 0 bridgehead atoms. The van der Waals surface area contributed by atoms with Crippen LogP contribution in [0.4, 0.5) is 17.2 Å². The molecule has 3 aromatic rings. The number of aliphatic hydroxyl groups excluding tert-OH is 1. The molecule has 180 valence electrons. The van der Waals surface area contributed by atoms with Crippen molar-refractivity contribution in [1.82, 2.24) is 14.8 Å². The molecule has 0 amide bonds. The first-order valence-electron chi connectivity index (χ1n) is 12.2. The van der Waals surface area contributed by atoms with E-state index in [0.717, 1.165) is 48.9 Å². The summed E-state index contributed by atoms with van der Waals surface area (Å²) in [6.45, 7) is 2.58. The zero-order valence-electron chi connectivity index (χ0n) is 19.4. The van der Waals surface area contributed by atoms with E-state index in [-0.39, 0.29) is 6.10 Å². The molecule has 2 N–H and O–H groups in total. The van der Waals surface area contributed by atoms with Gasteiger partial charge in [0.05, 0.1) is 29.6 Å². The van der Waals surface area contributed by atoms with Crippen molar-refractivity contribution in [2.24, 2.45) is 0 Å². The molecular formula is C26H28N6O3. The average molecular weight is 473 g/mol. The highest BCUT2D eigenvalue weighted by atomic mass is 16.5. The predicted octanol–water partition coefficient (Wildman–Crippen LogP) is 4.10. The quantitative estimate of drug-likeness (QED) is 0.529. The van der Waals surface area contributed by atoms with E-state index in [1.807, 2.05) is 35.4 Å². The largest absolute Gasteiger partial charge is 0.454 e. The molecule has 9 nitrogen and oxygen atoms in total. The average Bonchev–Trinajstić information content (AvgIpc) is 3.63. The summed E-state index contributed by atoms with van der Waals surface area (Å²) in [5.74, 6) is 2.48. The lowest BCUT2D eigenvalue weighted by Crippen LogP contribution is -2.51. The summed E-state index contributed by atoms with van der Waals surface area (Å²) in [5, 5.41) is 27.3. The Kier molecular flexibility index (Phi) is 5.76. The van der Waals surface area contributed by atoms with E-state index in [2.05, 4.69) is 21.1 Å². The fourth-order valence-corrected chi connectivity index (χ4v) is 4.68. The maximum Gasteiger partial charge on any atom is 0.168 e. The third-order valence-electron chi connectivity index (χ3n) is 6.81. The van der Waals surface area contributed by atoms with Crippen LogP contribution in [0.25, 0.3) is 0 Å². The standard InChI is InChI=1S/C26H28N6O3/c27-13-18-1-2-19(11-23(18)31-14-21(33)15-31)29-25-12-22(5-8-28-25)35-24-16-32(20-3-4-20)30-26(24)17-6-9-34-10-7-17/h1-2,5,8,11-12,16-17,20-21,33H,3-4,6-7,9-10,14-15H2,(H,28,29). The van der Waals surface area contributed by atoms with Crippen LogP contribution in [0, 0.1) is 11.3 Å². The van der Waals surface area contributed by atoms with Gasteiger partial charge in [0.2, 0.25) is 0 Å². The summed E-state index contributed by atoms with van der Waals surface area (Å²) < 4.78 is 14.0. The number of hydrogen-bond acceptors (Lipinski definition) is 8. The Morgan fingerprint density at radius 3 is 2.69 bits per heavy atom. The topological polar surface area (TPSA) is 108 Å². The number of rotatable bonds is 7. The second kappa shape index (κ2) is 9.21. The summed E-state index contributed by atoms with van der Waals surface area (Å²) in [6, 6.07) is 12.0. The Bertz CT molecular complexity index is 1250. The molecule has 2 saturated heterocycles. The molecular weight excluding hydrogens is 444 g/mol. The van der Waals surface area contributed by atoms with Crippen LogP contribution >= 0.6 is 0 Å². The molecule has 0 spiro atoms. The van der Waals surface area contributed by atoms with E-state index in [9.17, 15) is 10.4 Å². The minimum absolute atomic E-state index is 0.343. The highest BCUT2D eigenvalue weighted by Gasteiger charge is 2.30. The van der Waals surface area contributed by atoms with E-state index >= 15 is 0 Å². The van der Waals surface area contributed by atoms with E-state index in [1.54, 1.807) is 12.3 Å². The number of benzene rings is 1. The van der Waals surface area contributed by atoms with E-state index in [4.69, 9.17) is 14.6 Å². The SMILES string of the molecule is N#Cc1ccc(Nc2cc(Oc3cn(C4CC4)nc3C3CCOCC3)ccn2)cc1N1CC(O)C1. The van der Waals surface area contributed by atoms with Crippen LogP contribution in [-0.2, 0) is 4.74 Å². The van der Waals surface area contributed by atoms with E-state index in [1.165, 1.54) is 12.8 Å². The number of β-amino-alcohol motifs (C(OH)–C–C–N with tert-alkyl or cyclic N) is 1. The Labute approximate surface area is 203 Å². The molecule has 0 atom stereocenters. The summed E-state index contributed by atoms with van der Waals surface area (Å²) >= 11 is 0. The first kappa shape index (κ1) is 21.9. The smallest absolute Gasteiger partial charge is 0.168 e. The van der Waals surface area contributed by atoms with Gasteiger partial charge < -0.3 is 24.8 Å². The summed E-state index contributed by atoms with van der Waals surface area (Å²) in [4.78, 5) is 6.44. The summed E-state index contributed by atoms with van der Waals surface area (Å²) in [7, 11) is 0. The van der Waals surface area contributed by atoms with Gasteiger partial charge in [-0.2, -0.15) is 10.4 Å². The molecule has 1 aromatic carbocycles. The van der Waals surface area contributed by atoms with E-state index < -0.39 is 0 Å². The first-order valence-corrected chi connectivity index (χ1v) is 12.2. The first-order chi connectivity index (χ1) is 17.2. The Balaban J connectivity index is 1.22. The monoisotopic (exact) mass is 472 g/mol. The number of pyridine rings is 1. The molecule has 3 aliphatic rings.